The van der Waals surface area contributed by atoms with Gasteiger partial charge < -0.3 is 15.5 Å². The van der Waals surface area contributed by atoms with Gasteiger partial charge in [-0.25, -0.2) is 0 Å². The molecule has 5 heteroatoms. The van der Waals surface area contributed by atoms with E-state index in [1.165, 1.54) is 0 Å². The van der Waals surface area contributed by atoms with E-state index in [9.17, 15) is 9.59 Å². The Kier molecular flexibility index (Phi) is 4.80. The van der Waals surface area contributed by atoms with Crippen molar-refractivity contribution >= 4 is 11.8 Å². The highest BCUT2D eigenvalue weighted by Crippen LogP contribution is 2.21. The minimum atomic E-state index is -0.403. The van der Waals surface area contributed by atoms with Crippen molar-refractivity contribution in [3.05, 3.63) is 0 Å². The molecule has 2 saturated heterocycles. The van der Waals surface area contributed by atoms with Gasteiger partial charge in [0.25, 0.3) is 0 Å². The molecule has 108 valence electrons. The molecule has 0 radical (unpaired) electrons. The first kappa shape index (κ1) is 14.3. The number of nitrogens with zero attached hydrogens (tertiary/aromatic N) is 2. The van der Waals surface area contributed by atoms with Gasteiger partial charge in [-0.15, -0.1) is 0 Å². The van der Waals surface area contributed by atoms with E-state index < -0.39 is 6.04 Å². The summed E-state index contributed by atoms with van der Waals surface area (Å²) < 4.78 is 0. The van der Waals surface area contributed by atoms with Crippen molar-refractivity contribution in [3.8, 4) is 0 Å². The number of hydrogen-bond donors (Lipinski definition) is 1. The Morgan fingerprint density at radius 3 is 2.58 bits per heavy atom. The van der Waals surface area contributed by atoms with Crippen molar-refractivity contribution < 1.29 is 9.59 Å². The van der Waals surface area contributed by atoms with Crippen molar-refractivity contribution in [2.24, 2.45) is 11.7 Å². The van der Waals surface area contributed by atoms with Crippen LogP contribution >= 0.6 is 0 Å². The zero-order valence-electron chi connectivity index (χ0n) is 11.8. The van der Waals surface area contributed by atoms with Crippen LogP contribution in [0, 0.1) is 5.92 Å². The van der Waals surface area contributed by atoms with Gasteiger partial charge in [0.05, 0.1) is 6.04 Å². The van der Waals surface area contributed by atoms with Gasteiger partial charge in [0, 0.05) is 32.6 Å². The van der Waals surface area contributed by atoms with Crippen molar-refractivity contribution in [2.45, 2.75) is 45.1 Å². The Labute approximate surface area is 115 Å². The Balaban J connectivity index is 1.77. The number of likely N-dealkylation sites (tertiary alicyclic amines) is 2. The van der Waals surface area contributed by atoms with Crippen LogP contribution in [0.3, 0.4) is 0 Å². The number of carbonyl (C=O) groups is 2. The Bertz CT molecular complexity index is 336. The van der Waals surface area contributed by atoms with Crippen molar-refractivity contribution in [2.75, 3.05) is 26.2 Å². The van der Waals surface area contributed by atoms with Gasteiger partial charge in [-0.3, -0.25) is 9.59 Å². The summed E-state index contributed by atoms with van der Waals surface area (Å²) in [6.07, 6.45) is 4.86. The topological polar surface area (TPSA) is 66.6 Å². The summed E-state index contributed by atoms with van der Waals surface area (Å²) in [5.74, 6) is 0.895. The maximum absolute atomic E-state index is 11.8. The standard InChI is InChI=1S/C14H25N3O2/c1-11(15)14(19)16-8-5-12(6-9-16)10-17-7-3-2-4-13(17)18/h11-12H,2-10,15H2,1H3/t11-/m0/s1. The highest BCUT2D eigenvalue weighted by molar-refractivity contribution is 5.81. The Morgan fingerprint density at radius 1 is 1.32 bits per heavy atom. The summed E-state index contributed by atoms with van der Waals surface area (Å²) in [5.41, 5.74) is 5.62. The lowest BCUT2D eigenvalue weighted by Gasteiger charge is -2.36. The smallest absolute Gasteiger partial charge is 0.239 e. The minimum Gasteiger partial charge on any atom is -0.342 e. The number of nitrogens with two attached hydrogens (primary N) is 1. The molecule has 0 aromatic heterocycles. The molecule has 0 saturated carbocycles. The summed E-state index contributed by atoms with van der Waals surface area (Å²) in [6.45, 7) is 5.10. The lowest BCUT2D eigenvalue weighted by atomic mass is 9.95. The van der Waals surface area contributed by atoms with E-state index in [0.717, 1.165) is 51.9 Å². The number of hydrogen-bond acceptors (Lipinski definition) is 3. The lowest BCUT2D eigenvalue weighted by molar-refractivity contribution is -0.136. The molecule has 1 atom stereocenters. The molecule has 2 heterocycles. The first-order valence-electron chi connectivity index (χ1n) is 7.40. The lowest BCUT2D eigenvalue weighted by Crippen LogP contribution is -2.48. The van der Waals surface area contributed by atoms with E-state index in [1.807, 2.05) is 9.80 Å². The highest BCUT2D eigenvalue weighted by Gasteiger charge is 2.27. The quantitative estimate of drug-likeness (QED) is 0.813. The van der Waals surface area contributed by atoms with Gasteiger partial charge in [0.15, 0.2) is 0 Å². The van der Waals surface area contributed by atoms with Crippen LogP contribution in [0.4, 0.5) is 0 Å². The largest absolute Gasteiger partial charge is 0.342 e. The second kappa shape index (κ2) is 6.37. The second-order valence-corrected chi connectivity index (χ2v) is 5.85. The fraction of sp³-hybridized carbons (Fsp3) is 0.857. The van der Waals surface area contributed by atoms with Crippen LogP contribution < -0.4 is 5.73 Å². The molecule has 2 aliphatic heterocycles. The van der Waals surface area contributed by atoms with Crippen LogP contribution in [0.5, 0.6) is 0 Å². The molecule has 0 aromatic carbocycles. The molecule has 2 fully saturated rings. The molecule has 2 N–H and O–H groups in total. The predicted octanol–water partition coefficient (Wildman–Crippen LogP) is 0.585. The summed E-state index contributed by atoms with van der Waals surface area (Å²) in [4.78, 5) is 27.4. The molecule has 2 rings (SSSR count). The average Bonchev–Trinajstić information content (AvgIpc) is 2.41. The molecule has 0 spiro atoms. The van der Waals surface area contributed by atoms with Crippen molar-refractivity contribution in [1.29, 1.82) is 0 Å². The SMILES string of the molecule is C[C@H](N)C(=O)N1CCC(CN2CCCCC2=O)CC1. The van der Waals surface area contributed by atoms with E-state index in [1.54, 1.807) is 6.92 Å². The molecule has 0 bridgehead atoms. The van der Waals surface area contributed by atoms with E-state index in [0.29, 0.717) is 18.2 Å². The molecule has 5 nitrogen and oxygen atoms in total. The van der Waals surface area contributed by atoms with E-state index in [-0.39, 0.29) is 5.91 Å². The van der Waals surface area contributed by atoms with Gasteiger partial charge >= 0.3 is 0 Å². The van der Waals surface area contributed by atoms with Crippen molar-refractivity contribution in [3.63, 3.8) is 0 Å². The third-order valence-corrected chi connectivity index (χ3v) is 4.22. The molecule has 2 aliphatic rings. The number of piperidine rings is 2. The van der Waals surface area contributed by atoms with Gasteiger partial charge in [-0.1, -0.05) is 0 Å². The first-order chi connectivity index (χ1) is 9.08. The van der Waals surface area contributed by atoms with Crippen LogP contribution in [0.2, 0.25) is 0 Å². The molecule has 0 unspecified atom stereocenters. The molecule has 19 heavy (non-hydrogen) atoms. The zero-order valence-corrected chi connectivity index (χ0v) is 11.8. The minimum absolute atomic E-state index is 0.0486. The maximum Gasteiger partial charge on any atom is 0.239 e. The molecule has 0 aromatic rings. The Morgan fingerprint density at radius 2 is 2.00 bits per heavy atom. The van der Waals surface area contributed by atoms with Crippen LogP contribution in [0.1, 0.15) is 39.0 Å². The zero-order chi connectivity index (χ0) is 13.8. The van der Waals surface area contributed by atoms with Gasteiger partial charge in [0.1, 0.15) is 0 Å². The second-order valence-electron chi connectivity index (χ2n) is 5.85. The summed E-state index contributed by atoms with van der Waals surface area (Å²) in [7, 11) is 0. The third kappa shape index (κ3) is 3.69. The molecule has 0 aliphatic carbocycles. The summed E-state index contributed by atoms with van der Waals surface area (Å²) in [6, 6.07) is -0.403. The van der Waals surface area contributed by atoms with Gasteiger partial charge in [-0.2, -0.15) is 0 Å². The first-order valence-corrected chi connectivity index (χ1v) is 7.40. The summed E-state index contributed by atoms with van der Waals surface area (Å²) >= 11 is 0. The average molecular weight is 267 g/mol. The monoisotopic (exact) mass is 267 g/mol. The van der Waals surface area contributed by atoms with Crippen LogP contribution in [0.15, 0.2) is 0 Å². The van der Waals surface area contributed by atoms with E-state index in [4.69, 9.17) is 5.73 Å². The molecular formula is C14H25N3O2. The van der Waals surface area contributed by atoms with Gasteiger partial charge in [0.2, 0.25) is 11.8 Å². The number of carbonyl (C=O) groups excluding carboxylic acids is 2. The third-order valence-electron chi connectivity index (χ3n) is 4.22. The van der Waals surface area contributed by atoms with E-state index in [2.05, 4.69) is 0 Å². The molecular weight excluding hydrogens is 242 g/mol. The fourth-order valence-electron chi connectivity index (χ4n) is 2.99. The van der Waals surface area contributed by atoms with Gasteiger partial charge in [-0.05, 0) is 38.5 Å². The maximum atomic E-state index is 11.8. The number of rotatable bonds is 3. The van der Waals surface area contributed by atoms with E-state index >= 15 is 0 Å². The van der Waals surface area contributed by atoms with Crippen LogP contribution in [-0.4, -0.2) is 53.8 Å². The number of amides is 2. The van der Waals surface area contributed by atoms with Crippen molar-refractivity contribution in [1.82, 2.24) is 9.80 Å². The summed E-state index contributed by atoms with van der Waals surface area (Å²) in [5, 5.41) is 0. The Hall–Kier alpha value is -1.10. The normalized spacial score (nSPS) is 23.6. The highest BCUT2D eigenvalue weighted by atomic mass is 16.2. The molecule has 2 amide bonds. The predicted molar refractivity (Wildman–Crippen MR) is 73.4 cm³/mol. The fourth-order valence-corrected chi connectivity index (χ4v) is 2.99. The van der Waals surface area contributed by atoms with Crippen LogP contribution in [-0.2, 0) is 9.59 Å². The van der Waals surface area contributed by atoms with Crippen LogP contribution in [0.25, 0.3) is 0 Å².